The number of hydrogen-bond donors (Lipinski definition) is 2. The van der Waals surface area contributed by atoms with Gasteiger partial charge in [-0.05, 0) is 30.3 Å². The third-order valence-corrected chi connectivity index (χ3v) is 4.86. The second-order valence-corrected chi connectivity index (χ2v) is 6.17. The van der Waals surface area contributed by atoms with Gasteiger partial charge in [-0.3, -0.25) is 5.10 Å². The lowest BCUT2D eigenvalue weighted by molar-refractivity contribution is 0.318. The van der Waals surface area contributed by atoms with E-state index in [0.717, 1.165) is 36.0 Å². The number of hydrogen-bond acceptors (Lipinski definition) is 4. The molecule has 0 bridgehead atoms. The summed E-state index contributed by atoms with van der Waals surface area (Å²) in [5.74, 6) is 2.41. The van der Waals surface area contributed by atoms with Gasteiger partial charge in [-0.25, -0.2) is 4.98 Å². The first-order valence-corrected chi connectivity index (χ1v) is 7.28. The van der Waals surface area contributed by atoms with E-state index in [1.165, 1.54) is 0 Å². The summed E-state index contributed by atoms with van der Waals surface area (Å²) >= 11 is 1.68. The van der Waals surface area contributed by atoms with Gasteiger partial charge < -0.3 is 5.32 Å². The third-order valence-electron chi connectivity index (χ3n) is 3.99. The van der Waals surface area contributed by atoms with Crippen molar-refractivity contribution in [2.24, 2.45) is 5.92 Å². The van der Waals surface area contributed by atoms with E-state index < -0.39 is 0 Å². The van der Waals surface area contributed by atoms with E-state index in [1.807, 2.05) is 6.07 Å². The molecule has 2 aromatic heterocycles. The molecule has 3 rings (SSSR count). The number of aromatic nitrogens is 3. The molecule has 0 aliphatic carbocycles. The second-order valence-electron chi connectivity index (χ2n) is 5.22. The summed E-state index contributed by atoms with van der Waals surface area (Å²) in [5, 5.41) is 13.0. The van der Waals surface area contributed by atoms with Gasteiger partial charge in [0, 0.05) is 12.0 Å². The number of H-pyrrole nitrogens is 1. The van der Waals surface area contributed by atoms with Crippen molar-refractivity contribution in [3.05, 3.63) is 23.3 Å². The Balaban J connectivity index is 1.97. The van der Waals surface area contributed by atoms with E-state index in [0.29, 0.717) is 5.92 Å². The highest BCUT2D eigenvalue weighted by Crippen LogP contribution is 2.36. The number of nitrogens with zero attached hydrogens (tertiary/aromatic N) is 2. The molecule has 0 radical (unpaired) electrons. The van der Waals surface area contributed by atoms with Crippen LogP contribution in [-0.4, -0.2) is 28.3 Å². The van der Waals surface area contributed by atoms with Crippen molar-refractivity contribution in [3.63, 3.8) is 0 Å². The monoisotopic (exact) mass is 262 g/mol. The van der Waals surface area contributed by atoms with Crippen molar-refractivity contribution in [1.82, 2.24) is 20.5 Å². The van der Waals surface area contributed by atoms with Gasteiger partial charge in [0.15, 0.2) is 5.82 Å². The number of thiophene rings is 1. The van der Waals surface area contributed by atoms with E-state index in [9.17, 15) is 0 Å². The Hall–Kier alpha value is -1.20. The van der Waals surface area contributed by atoms with Crippen LogP contribution in [0.2, 0.25) is 0 Å². The maximum Gasteiger partial charge on any atom is 0.191 e. The van der Waals surface area contributed by atoms with E-state index in [2.05, 4.69) is 40.8 Å². The van der Waals surface area contributed by atoms with Crippen LogP contribution in [0.25, 0.3) is 10.7 Å². The van der Waals surface area contributed by atoms with Gasteiger partial charge >= 0.3 is 0 Å². The first-order chi connectivity index (χ1) is 8.72. The minimum absolute atomic E-state index is 0.114. The molecular weight excluding hydrogens is 244 g/mol. The van der Waals surface area contributed by atoms with Crippen molar-refractivity contribution in [2.45, 2.75) is 25.7 Å². The largest absolute Gasteiger partial charge is 0.316 e. The van der Waals surface area contributed by atoms with Gasteiger partial charge in [0.25, 0.3) is 0 Å². The zero-order valence-corrected chi connectivity index (χ0v) is 11.5. The maximum atomic E-state index is 4.73. The fraction of sp³-hybridized carbons (Fsp3) is 0.538. The summed E-state index contributed by atoms with van der Waals surface area (Å²) in [6, 6.07) is 4.10. The lowest BCUT2D eigenvalue weighted by Crippen LogP contribution is -2.36. The van der Waals surface area contributed by atoms with Crippen molar-refractivity contribution < 1.29 is 0 Å². The van der Waals surface area contributed by atoms with Gasteiger partial charge in [0.2, 0.25) is 0 Å². The molecule has 1 aliphatic heterocycles. The normalized spacial score (nSPS) is 23.9. The summed E-state index contributed by atoms with van der Waals surface area (Å²) in [5.41, 5.74) is 0.114. The first kappa shape index (κ1) is 11.9. The average molecular weight is 262 g/mol. The minimum atomic E-state index is 0.114. The Kier molecular flexibility index (Phi) is 2.95. The summed E-state index contributed by atoms with van der Waals surface area (Å²) in [4.78, 5) is 5.86. The van der Waals surface area contributed by atoms with Crippen molar-refractivity contribution in [3.8, 4) is 10.7 Å². The predicted molar refractivity (Wildman–Crippen MR) is 73.7 cm³/mol. The van der Waals surface area contributed by atoms with Crippen LogP contribution in [0, 0.1) is 5.92 Å². The smallest absolute Gasteiger partial charge is 0.191 e. The van der Waals surface area contributed by atoms with Crippen molar-refractivity contribution >= 4 is 11.3 Å². The standard InChI is InChI=1S/C13H18N4S/c1-9(2)13(5-6-14-8-13)12-15-11(16-17-12)10-4-3-7-18-10/h3-4,7,9,14H,5-6,8H2,1-2H3,(H,15,16,17). The van der Waals surface area contributed by atoms with Crippen LogP contribution >= 0.6 is 11.3 Å². The molecule has 2 N–H and O–H groups in total. The molecular formula is C13H18N4S. The van der Waals surface area contributed by atoms with E-state index in [-0.39, 0.29) is 5.41 Å². The molecule has 0 spiro atoms. The topological polar surface area (TPSA) is 53.6 Å². The van der Waals surface area contributed by atoms with E-state index in [4.69, 9.17) is 4.98 Å². The Morgan fingerprint density at radius 1 is 1.44 bits per heavy atom. The summed E-state index contributed by atoms with van der Waals surface area (Å²) in [6.07, 6.45) is 1.13. The maximum absolute atomic E-state index is 4.73. The van der Waals surface area contributed by atoms with Gasteiger partial charge in [-0.1, -0.05) is 19.9 Å². The minimum Gasteiger partial charge on any atom is -0.316 e. The molecule has 0 aromatic carbocycles. The second kappa shape index (κ2) is 4.48. The molecule has 1 fully saturated rings. The Labute approximate surface area is 111 Å². The lowest BCUT2D eigenvalue weighted by atomic mass is 9.76. The average Bonchev–Trinajstić information content (AvgIpc) is 3.11. The van der Waals surface area contributed by atoms with E-state index in [1.54, 1.807) is 11.3 Å². The molecule has 18 heavy (non-hydrogen) atoms. The van der Waals surface area contributed by atoms with Crippen LogP contribution in [0.1, 0.15) is 26.1 Å². The predicted octanol–water partition coefficient (Wildman–Crippen LogP) is 2.42. The van der Waals surface area contributed by atoms with Gasteiger partial charge in [-0.2, -0.15) is 5.10 Å². The summed E-state index contributed by atoms with van der Waals surface area (Å²) < 4.78 is 0. The van der Waals surface area contributed by atoms with Crippen LogP contribution in [0.5, 0.6) is 0 Å². The zero-order valence-electron chi connectivity index (χ0n) is 10.7. The van der Waals surface area contributed by atoms with Gasteiger partial charge in [0.1, 0.15) is 5.82 Å². The van der Waals surface area contributed by atoms with E-state index >= 15 is 0 Å². The molecule has 4 nitrogen and oxygen atoms in total. The highest BCUT2D eigenvalue weighted by molar-refractivity contribution is 7.13. The number of aromatic amines is 1. The lowest BCUT2D eigenvalue weighted by Gasteiger charge is -2.29. The van der Waals surface area contributed by atoms with Crippen LogP contribution in [-0.2, 0) is 5.41 Å². The fourth-order valence-corrected chi connectivity index (χ4v) is 3.34. The van der Waals surface area contributed by atoms with Gasteiger partial charge in [-0.15, -0.1) is 11.3 Å². The third kappa shape index (κ3) is 1.78. The van der Waals surface area contributed by atoms with Crippen molar-refractivity contribution in [1.29, 1.82) is 0 Å². The Morgan fingerprint density at radius 2 is 2.33 bits per heavy atom. The van der Waals surface area contributed by atoms with Crippen LogP contribution in [0.15, 0.2) is 17.5 Å². The quantitative estimate of drug-likeness (QED) is 0.893. The molecule has 1 aliphatic rings. The highest BCUT2D eigenvalue weighted by Gasteiger charge is 2.41. The molecule has 0 saturated carbocycles. The summed E-state index contributed by atoms with van der Waals surface area (Å²) in [6.45, 7) is 6.58. The molecule has 0 amide bonds. The van der Waals surface area contributed by atoms with Crippen LogP contribution in [0.3, 0.4) is 0 Å². The molecule has 1 unspecified atom stereocenters. The Morgan fingerprint density at radius 3 is 2.94 bits per heavy atom. The fourth-order valence-electron chi connectivity index (χ4n) is 2.68. The zero-order chi connectivity index (χ0) is 12.6. The molecule has 96 valence electrons. The number of rotatable bonds is 3. The number of nitrogens with one attached hydrogen (secondary N) is 2. The first-order valence-electron chi connectivity index (χ1n) is 6.40. The SMILES string of the molecule is CC(C)C1(c2nc(-c3cccs3)n[nH]2)CCNC1. The van der Waals surface area contributed by atoms with Crippen LogP contribution < -0.4 is 5.32 Å². The molecule has 5 heteroatoms. The van der Waals surface area contributed by atoms with Crippen molar-refractivity contribution in [2.75, 3.05) is 13.1 Å². The molecule has 1 saturated heterocycles. The molecule has 3 heterocycles. The highest BCUT2D eigenvalue weighted by atomic mass is 32.1. The Bertz CT molecular complexity index is 509. The van der Waals surface area contributed by atoms with Crippen LogP contribution in [0.4, 0.5) is 0 Å². The van der Waals surface area contributed by atoms with Gasteiger partial charge in [0.05, 0.1) is 4.88 Å². The molecule has 1 atom stereocenters. The summed E-state index contributed by atoms with van der Waals surface area (Å²) in [7, 11) is 0. The molecule has 2 aromatic rings.